The first-order valence-corrected chi connectivity index (χ1v) is 8.92. The molecular formula is C15H14F3NO6S. The van der Waals surface area contributed by atoms with Crippen molar-refractivity contribution in [2.45, 2.75) is 12.4 Å². The van der Waals surface area contributed by atoms with Crippen LogP contribution in [0.1, 0.15) is 5.56 Å². The van der Waals surface area contributed by atoms with Gasteiger partial charge in [-0.2, -0.15) is 21.6 Å². The minimum atomic E-state index is -5.91. The van der Waals surface area contributed by atoms with Crippen molar-refractivity contribution in [2.24, 2.45) is 0 Å². The molecule has 0 radical (unpaired) electrons. The molecule has 0 bridgehead atoms. The Balaban J connectivity index is 2.17. The third kappa shape index (κ3) is 3.36. The van der Waals surface area contributed by atoms with Crippen LogP contribution in [0.15, 0.2) is 27.4 Å². The predicted octanol–water partition coefficient (Wildman–Crippen LogP) is 2.17. The van der Waals surface area contributed by atoms with Gasteiger partial charge in [-0.25, -0.2) is 0 Å². The van der Waals surface area contributed by atoms with Gasteiger partial charge >= 0.3 is 15.6 Å². The number of hydrogen-bond acceptors (Lipinski definition) is 7. The summed E-state index contributed by atoms with van der Waals surface area (Å²) in [6.45, 7) is 2.96. The number of hydrogen-bond donors (Lipinski definition) is 0. The van der Waals surface area contributed by atoms with Crippen LogP contribution in [0.3, 0.4) is 0 Å². The Hall–Kier alpha value is -2.27. The van der Waals surface area contributed by atoms with Crippen molar-refractivity contribution in [3.05, 3.63) is 34.0 Å². The Morgan fingerprint density at radius 2 is 1.85 bits per heavy atom. The molecular weight excluding hydrogens is 379 g/mol. The van der Waals surface area contributed by atoms with Crippen molar-refractivity contribution in [2.75, 3.05) is 31.2 Å². The Labute approximate surface area is 146 Å². The smallest absolute Gasteiger partial charge is 0.436 e. The number of alkyl halides is 3. The standard InChI is InChI=1S/C15H14F3NO6S/c1-9-2-3-10-11(20)8-12(19-4-6-23-7-5-19)24-14(10)13(9)25-26(21,22)15(16,17)18/h2-3,8H,4-7H2,1H3. The first-order valence-electron chi connectivity index (χ1n) is 7.51. The van der Waals surface area contributed by atoms with Crippen LogP contribution < -0.4 is 14.5 Å². The zero-order chi connectivity index (χ0) is 19.1. The third-order valence-electron chi connectivity index (χ3n) is 3.83. The van der Waals surface area contributed by atoms with Crippen molar-refractivity contribution in [3.63, 3.8) is 0 Å². The minimum absolute atomic E-state index is 0.0765. The first kappa shape index (κ1) is 18.5. The van der Waals surface area contributed by atoms with Gasteiger partial charge in [-0.15, -0.1) is 0 Å². The molecule has 11 heteroatoms. The molecule has 0 atom stereocenters. The second-order valence-corrected chi connectivity index (χ2v) is 7.16. The van der Waals surface area contributed by atoms with Crippen molar-refractivity contribution in [1.82, 2.24) is 0 Å². The van der Waals surface area contributed by atoms with E-state index in [-0.39, 0.29) is 22.4 Å². The van der Waals surface area contributed by atoms with Gasteiger partial charge in [-0.05, 0) is 18.6 Å². The molecule has 1 aliphatic rings. The van der Waals surface area contributed by atoms with Crippen LogP contribution >= 0.6 is 0 Å². The number of halogens is 3. The molecule has 2 aromatic rings. The monoisotopic (exact) mass is 393 g/mol. The average Bonchev–Trinajstić information content (AvgIpc) is 2.57. The zero-order valence-electron chi connectivity index (χ0n) is 13.5. The van der Waals surface area contributed by atoms with Gasteiger partial charge in [0.1, 0.15) is 0 Å². The van der Waals surface area contributed by atoms with Gasteiger partial charge in [0.05, 0.1) is 18.6 Å². The highest BCUT2D eigenvalue weighted by atomic mass is 32.2. The summed E-state index contributed by atoms with van der Waals surface area (Å²) in [6, 6.07) is 3.83. The Kier molecular flexibility index (Phi) is 4.61. The first-order chi connectivity index (χ1) is 12.1. The Morgan fingerprint density at radius 1 is 1.19 bits per heavy atom. The summed E-state index contributed by atoms with van der Waals surface area (Å²) in [6.07, 6.45) is 0. The van der Waals surface area contributed by atoms with E-state index in [9.17, 15) is 26.4 Å². The quantitative estimate of drug-likeness (QED) is 0.584. The normalized spacial score (nSPS) is 16.1. The summed E-state index contributed by atoms with van der Waals surface area (Å²) in [4.78, 5) is 14.0. The van der Waals surface area contributed by atoms with Crippen LogP contribution in [-0.4, -0.2) is 40.2 Å². The molecule has 0 amide bonds. The van der Waals surface area contributed by atoms with Gasteiger partial charge in [0.2, 0.25) is 0 Å². The molecule has 0 spiro atoms. The van der Waals surface area contributed by atoms with Crippen LogP contribution in [0.4, 0.5) is 19.1 Å². The molecule has 1 saturated heterocycles. The number of anilines is 1. The van der Waals surface area contributed by atoms with E-state index in [1.807, 2.05) is 0 Å². The molecule has 2 heterocycles. The lowest BCUT2D eigenvalue weighted by atomic mass is 10.1. The molecule has 142 valence electrons. The van der Waals surface area contributed by atoms with Crippen LogP contribution in [-0.2, 0) is 14.9 Å². The molecule has 7 nitrogen and oxygen atoms in total. The second kappa shape index (κ2) is 6.47. The van der Waals surface area contributed by atoms with E-state index < -0.39 is 26.8 Å². The highest BCUT2D eigenvalue weighted by Crippen LogP contribution is 2.35. The number of morpholine rings is 1. The molecule has 0 aliphatic carbocycles. The maximum Gasteiger partial charge on any atom is 0.534 e. The van der Waals surface area contributed by atoms with Gasteiger partial charge in [0, 0.05) is 19.2 Å². The molecule has 26 heavy (non-hydrogen) atoms. The molecule has 0 saturated carbocycles. The zero-order valence-corrected chi connectivity index (χ0v) is 14.3. The van der Waals surface area contributed by atoms with E-state index in [1.54, 1.807) is 4.90 Å². The van der Waals surface area contributed by atoms with E-state index in [0.717, 1.165) is 0 Å². The lowest BCUT2D eigenvalue weighted by Gasteiger charge is -2.27. The maximum atomic E-state index is 12.7. The Morgan fingerprint density at radius 3 is 2.46 bits per heavy atom. The van der Waals surface area contributed by atoms with Crippen LogP contribution in [0.5, 0.6) is 5.75 Å². The highest BCUT2D eigenvalue weighted by Gasteiger charge is 2.49. The van der Waals surface area contributed by atoms with Crippen molar-refractivity contribution >= 4 is 27.0 Å². The molecule has 1 aromatic carbocycles. The average molecular weight is 393 g/mol. The number of ether oxygens (including phenoxy) is 1. The number of rotatable bonds is 3. The summed E-state index contributed by atoms with van der Waals surface area (Å²) in [5.41, 5.74) is -6.41. The van der Waals surface area contributed by atoms with Crippen LogP contribution in [0.2, 0.25) is 0 Å². The summed E-state index contributed by atoms with van der Waals surface area (Å²) in [7, 11) is -5.91. The predicted molar refractivity (Wildman–Crippen MR) is 85.9 cm³/mol. The van der Waals surface area contributed by atoms with E-state index in [1.165, 1.54) is 25.1 Å². The summed E-state index contributed by atoms with van der Waals surface area (Å²) in [5.74, 6) is -0.558. The second-order valence-electron chi connectivity index (χ2n) is 5.62. The summed E-state index contributed by atoms with van der Waals surface area (Å²) in [5, 5.41) is -0.0833. The van der Waals surface area contributed by atoms with Gasteiger partial charge in [-0.1, -0.05) is 6.07 Å². The van der Waals surface area contributed by atoms with Gasteiger partial charge in [-0.3, -0.25) is 4.79 Å². The minimum Gasteiger partial charge on any atom is -0.436 e. The van der Waals surface area contributed by atoms with Gasteiger partial charge in [0.15, 0.2) is 22.6 Å². The third-order valence-corrected chi connectivity index (χ3v) is 4.79. The van der Waals surface area contributed by atoms with Crippen molar-refractivity contribution in [3.8, 4) is 5.75 Å². The number of aryl methyl sites for hydroxylation is 1. The van der Waals surface area contributed by atoms with Crippen molar-refractivity contribution in [1.29, 1.82) is 0 Å². The molecule has 0 unspecified atom stereocenters. The molecule has 3 rings (SSSR count). The molecule has 1 fully saturated rings. The SMILES string of the molecule is Cc1ccc2c(=O)cc(N3CCOCC3)oc2c1OS(=O)(=O)C(F)(F)F. The van der Waals surface area contributed by atoms with E-state index in [4.69, 9.17) is 9.15 Å². The topological polar surface area (TPSA) is 86.1 Å². The summed E-state index contributed by atoms with van der Waals surface area (Å²) < 4.78 is 75.8. The van der Waals surface area contributed by atoms with Crippen molar-refractivity contribution < 1.29 is 34.9 Å². The number of fused-ring (bicyclic) bond motifs is 1. The van der Waals surface area contributed by atoms with Crippen LogP contribution in [0.25, 0.3) is 11.0 Å². The largest absolute Gasteiger partial charge is 0.534 e. The Bertz CT molecular complexity index is 993. The maximum absolute atomic E-state index is 12.7. The molecule has 0 N–H and O–H groups in total. The summed E-state index contributed by atoms with van der Waals surface area (Å²) >= 11 is 0. The molecule has 1 aliphatic heterocycles. The number of nitrogens with zero attached hydrogens (tertiary/aromatic N) is 1. The fraction of sp³-hybridized carbons (Fsp3) is 0.400. The lowest BCUT2D eigenvalue weighted by molar-refractivity contribution is -0.0499. The van der Waals surface area contributed by atoms with Gasteiger partial charge < -0.3 is 18.2 Å². The van der Waals surface area contributed by atoms with Crippen LogP contribution in [0, 0.1) is 6.92 Å². The van der Waals surface area contributed by atoms with E-state index in [2.05, 4.69) is 4.18 Å². The number of benzene rings is 1. The fourth-order valence-corrected chi connectivity index (χ4v) is 3.00. The highest BCUT2D eigenvalue weighted by molar-refractivity contribution is 7.88. The fourth-order valence-electron chi connectivity index (χ4n) is 2.48. The lowest BCUT2D eigenvalue weighted by Crippen LogP contribution is -2.36. The van der Waals surface area contributed by atoms with Gasteiger partial charge in [0.25, 0.3) is 0 Å². The molecule has 1 aromatic heterocycles. The van der Waals surface area contributed by atoms with E-state index in [0.29, 0.717) is 26.3 Å². The van der Waals surface area contributed by atoms with E-state index >= 15 is 0 Å².